The second-order valence-electron chi connectivity index (χ2n) is 11.7. The van der Waals surface area contributed by atoms with Crippen LogP contribution in [0.25, 0.3) is 32.9 Å². The molecule has 0 spiro atoms. The van der Waals surface area contributed by atoms with Crippen molar-refractivity contribution < 1.29 is 18.6 Å². The first-order chi connectivity index (χ1) is 20.4. The van der Waals surface area contributed by atoms with Gasteiger partial charge in [-0.25, -0.2) is 8.78 Å². The van der Waals surface area contributed by atoms with Crippen LogP contribution >= 0.6 is 0 Å². The Morgan fingerprint density at radius 2 is 1.93 bits per heavy atom. The molecule has 0 unspecified atom stereocenters. The number of terminal acetylenes is 1. The Balaban J connectivity index is 1.39. The van der Waals surface area contributed by atoms with E-state index in [9.17, 15) is 9.50 Å². The number of piperidine rings is 1. The predicted molar refractivity (Wildman–Crippen MR) is 157 cm³/mol. The number of pyridine rings is 1. The largest absolute Gasteiger partial charge is 0.508 e. The summed E-state index contributed by atoms with van der Waals surface area (Å²) in [7, 11) is 0. The van der Waals surface area contributed by atoms with E-state index < -0.39 is 11.6 Å². The van der Waals surface area contributed by atoms with Gasteiger partial charge in [-0.3, -0.25) is 9.88 Å². The number of nitrogens with zero attached hydrogens (tertiary/aromatic N) is 5. The number of nitrogens with two attached hydrogens (primary N) is 1. The van der Waals surface area contributed by atoms with Gasteiger partial charge in [0.2, 0.25) is 0 Å². The maximum atomic E-state index is 16.6. The number of ether oxygens (including phenoxy) is 1. The van der Waals surface area contributed by atoms with Gasteiger partial charge in [-0.1, -0.05) is 12.0 Å². The smallest absolute Gasteiger partial charge is 0.319 e. The van der Waals surface area contributed by atoms with Crippen molar-refractivity contribution >= 4 is 27.5 Å². The number of hydrogen-bond donors (Lipinski definition) is 2. The molecule has 1 atom stereocenters. The molecule has 0 amide bonds. The standard InChI is InChI=1S/C32H32F2N6O2/c1-2-22-25(33)8-7-19-14-21(41)15-23(26(19)22)28-27(34)29-24(16-36-28)30(39-11-3-6-20(35)17-39)38-31(37-29)42-18-32-9-4-12-40(32)13-5-10-32/h1,7-8,14-16,20,41H,3-6,9-13,17-18,35H2/t20-/m1/s1. The molecule has 2 aromatic heterocycles. The van der Waals surface area contributed by atoms with Crippen LogP contribution in [0.3, 0.4) is 0 Å². The highest BCUT2D eigenvalue weighted by Crippen LogP contribution is 2.41. The first-order valence-electron chi connectivity index (χ1n) is 14.5. The molecule has 0 radical (unpaired) electrons. The third-order valence-electron chi connectivity index (χ3n) is 9.13. The van der Waals surface area contributed by atoms with Crippen LogP contribution in [0.1, 0.15) is 44.1 Å². The molecular formula is C32H32F2N6O2. The fourth-order valence-corrected chi connectivity index (χ4v) is 7.13. The maximum Gasteiger partial charge on any atom is 0.319 e. The van der Waals surface area contributed by atoms with Gasteiger partial charge in [-0.2, -0.15) is 9.97 Å². The van der Waals surface area contributed by atoms with E-state index in [0.29, 0.717) is 36.3 Å². The lowest BCUT2D eigenvalue weighted by Gasteiger charge is -2.33. The summed E-state index contributed by atoms with van der Waals surface area (Å²) in [5.74, 6) is 1.42. The number of phenols is 1. The lowest BCUT2D eigenvalue weighted by molar-refractivity contribution is 0.108. The second kappa shape index (κ2) is 10.3. The van der Waals surface area contributed by atoms with Crippen LogP contribution in [0.2, 0.25) is 0 Å². The minimum absolute atomic E-state index is 0.0292. The van der Waals surface area contributed by atoms with Gasteiger partial charge in [0.15, 0.2) is 5.82 Å². The number of halogens is 2. The Morgan fingerprint density at radius 1 is 1.12 bits per heavy atom. The van der Waals surface area contributed by atoms with E-state index in [0.717, 1.165) is 51.6 Å². The van der Waals surface area contributed by atoms with Gasteiger partial charge in [0.25, 0.3) is 0 Å². The van der Waals surface area contributed by atoms with Crippen LogP contribution in [0.15, 0.2) is 30.5 Å². The number of fused-ring (bicyclic) bond motifs is 3. The molecule has 4 aromatic rings. The van der Waals surface area contributed by atoms with Crippen LogP contribution < -0.4 is 15.4 Å². The molecule has 2 aromatic carbocycles. The molecule has 3 aliphatic rings. The first-order valence-corrected chi connectivity index (χ1v) is 14.5. The van der Waals surface area contributed by atoms with Crippen molar-refractivity contribution in [1.29, 1.82) is 0 Å². The first kappa shape index (κ1) is 26.8. The maximum absolute atomic E-state index is 16.6. The van der Waals surface area contributed by atoms with Crippen molar-refractivity contribution in [1.82, 2.24) is 19.9 Å². The lowest BCUT2D eigenvalue weighted by Crippen LogP contribution is -2.44. The molecular weight excluding hydrogens is 538 g/mol. The normalized spacial score (nSPS) is 20.2. The Bertz CT molecular complexity index is 1750. The molecule has 8 nitrogen and oxygen atoms in total. The van der Waals surface area contributed by atoms with Crippen LogP contribution in [-0.2, 0) is 0 Å². The van der Waals surface area contributed by atoms with Crippen LogP contribution in [0.5, 0.6) is 11.8 Å². The average Bonchev–Trinajstić information content (AvgIpc) is 3.57. The average molecular weight is 571 g/mol. The van der Waals surface area contributed by atoms with Crippen molar-refractivity contribution in [2.75, 3.05) is 37.7 Å². The van der Waals surface area contributed by atoms with E-state index >= 15 is 4.39 Å². The summed E-state index contributed by atoms with van der Waals surface area (Å²) in [6.45, 7) is 3.82. The van der Waals surface area contributed by atoms with Gasteiger partial charge < -0.3 is 20.5 Å². The Morgan fingerprint density at radius 3 is 2.69 bits per heavy atom. The number of phenolic OH excluding ortho intramolecular Hbond substituents is 1. The van der Waals surface area contributed by atoms with Crippen molar-refractivity contribution in [2.45, 2.75) is 50.1 Å². The van der Waals surface area contributed by atoms with Crippen LogP contribution in [-0.4, -0.2) is 69.3 Å². The molecule has 0 aliphatic carbocycles. The van der Waals surface area contributed by atoms with Gasteiger partial charge in [0, 0.05) is 36.3 Å². The van der Waals surface area contributed by atoms with Crippen LogP contribution in [0, 0.1) is 24.0 Å². The van der Waals surface area contributed by atoms with E-state index in [2.05, 4.69) is 20.8 Å². The van der Waals surface area contributed by atoms with E-state index in [4.69, 9.17) is 21.9 Å². The van der Waals surface area contributed by atoms with Crippen LogP contribution in [0.4, 0.5) is 14.6 Å². The van der Waals surface area contributed by atoms with Crippen molar-refractivity contribution in [3.05, 3.63) is 47.7 Å². The summed E-state index contributed by atoms with van der Waals surface area (Å²) in [6, 6.07) is 5.58. The number of hydrogen-bond acceptors (Lipinski definition) is 8. The highest BCUT2D eigenvalue weighted by Gasteiger charge is 2.45. The Labute approximate surface area is 242 Å². The van der Waals surface area contributed by atoms with Gasteiger partial charge in [0.05, 0.1) is 16.5 Å². The molecule has 3 fully saturated rings. The number of aromatic hydroxyl groups is 1. The third kappa shape index (κ3) is 4.39. The summed E-state index contributed by atoms with van der Waals surface area (Å²) < 4.78 is 37.6. The molecule has 0 bridgehead atoms. The fourth-order valence-electron chi connectivity index (χ4n) is 7.13. The SMILES string of the molecule is C#Cc1c(F)ccc2cc(O)cc(-c3ncc4c(N5CCC[C@@H](N)C5)nc(OCC56CCCN5CCC6)nc4c3F)c12. The summed E-state index contributed by atoms with van der Waals surface area (Å²) in [4.78, 5) is 18.3. The number of rotatable bonds is 5. The summed E-state index contributed by atoms with van der Waals surface area (Å²) in [5, 5.41) is 11.7. The quantitative estimate of drug-likeness (QED) is 0.332. The number of anilines is 1. The molecule has 5 heterocycles. The number of benzene rings is 2. The molecule has 216 valence electrons. The summed E-state index contributed by atoms with van der Waals surface area (Å²) >= 11 is 0. The Kier molecular flexibility index (Phi) is 6.59. The molecule has 7 rings (SSSR count). The monoisotopic (exact) mass is 570 g/mol. The number of aromatic nitrogens is 3. The minimum Gasteiger partial charge on any atom is -0.508 e. The van der Waals surface area contributed by atoms with Gasteiger partial charge in [-0.05, 0) is 75.2 Å². The zero-order valence-corrected chi connectivity index (χ0v) is 23.2. The zero-order chi connectivity index (χ0) is 29.0. The van der Waals surface area contributed by atoms with E-state index in [1.807, 2.05) is 4.90 Å². The van der Waals surface area contributed by atoms with Gasteiger partial charge in [-0.15, -0.1) is 6.42 Å². The molecule has 42 heavy (non-hydrogen) atoms. The summed E-state index contributed by atoms with van der Waals surface area (Å²) in [6.07, 6.45) is 13.3. The second-order valence-corrected chi connectivity index (χ2v) is 11.7. The molecule has 3 aliphatic heterocycles. The van der Waals surface area contributed by atoms with E-state index in [-0.39, 0.29) is 51.1 Å². The molecule has 3 N–H and O–H groups in total. The van der Waals surface area contributed by atoms with Crippen molar-refractivity contribution in [2.24, 2.45) is 5.73 Å². The predicted octanol–water partition coefficient (Wildman–Crippen LogP) is 4.74. The van der Waals surface area contributed by atoms with E-state index in [1.165, 1.54) is 30.5 Å². The highest BCUT2D eigenvalue weighted by molar-refractivity contribution is 6.03. The van der Waals surface area contributed by atoms with E-state index in [1.54, 1.807) is 0 Å². The Hall–Kier alpha value is -4.07. The molecule has 0 saturated carbocycles. The topological polar surface area (TPSA) is 101 Å². The third-order valence-corrected chi connectivity index (χ3v) is 9.13. The van der Waals surface area contributed by atoms with Crippen molar-refractivity contribution in [3.63, 3.8) is 0 Å². The lowest BCUT2D eigenvalue weighted by atomic mass is 9.95. The van der Waals surface area contributed by atoms with Gasteiger partial charge in [0.1, 0.15) is 35.2 Å². The van der Waals surface area contributed by atoms with Crippen molar-refractivity contribution in [3.8, 4) is 35.4 Å². The fraction of sp³-hybridized carbons (Fsp3) is 0.406. The summed E-state index contributed by atoms with van der Waals surface area (Å²) in [5.41, 5.74) is 6.33. The molecule has 3 saturated heterocycles. The van der Waals surface area contributed by atoms with Gasteiger partial charge >= 0.3 is 6.01 Å². The minimum atomic E-state index is -0.733. The molecule has 10 heteroatoms. The zero-order valence-electron chi connectivity index (χ0n) is 23.2. The highest BCUT2D eigenvalue weighted by atomic mass is 19.1.